The van der Waals surface area contributed by atoms with E-state index in [1.165, 1.54) is 12.8 Å². The Balaban J connectivity index is 1.44. The number of hydrogen-bond donors (Lipinski definition) is 3. The quantitative estimate of drug-likeness (QED) is 0.607. The number of benzene rings is 1. The van der Waals surface area contributed by atoms with Crippen LogP contribution in [0.25, 0.3) is 0 Å². The fourth-order valence-electron chi connectivity index (χ4n) is 5.02. The first-order valence-corrected chi connectivity index (χ1v) is 11.2. The Bertz CT molecular complexity index is 808. The van der Waals surface area contributed by atoms with Crippen LogP contribution in [0.2, 0.25) is 0 Å². The summed E-state index contributed by atoms with van der Waals surface area (Å²) in [4.78, 5) is 26.5. The van der Waals surface area contributed by atoms with Gasteiger partial charge in [0.2, 0.25) is 11.8 Å². The summed E-state index contributed by atoms with van der Waals surface area (Å²) in [5.74, 6) is 0.688. The van der Waals surface area contributed by atoms with Gasteiger partial charge in [-0.3, -0.25) is 9.59 Å². The third kappa shape index (κ3) is 5.19. The molecule has 0 unspecified atom stereocenters. The Morgan fingerprint density at radius 1 is 1.19 bits per heavy atom. The summed E-state index contributed by atoms with van der Waals surface area (Å²) in [6.07, 6.45) is 4.30. The molecule has 0 aromatic heterocycles. The molecule has 2 fully saturated rings. The number of hydrogen-bond acceptors (Lipinski definition) is 6. The Labute approximate surface area is 183 Å². The van der Waals surface area contributed by atoms with Crippen molar-refractivity contribution in [1.29, 1.82) is 0 Å². The molecule has 1 aromatic carbocycles. The molecule has 4 rings (SSSR count). The van der Waals surface area contributed by atoms with Gasteiger partial charge in [-0.1, -0.05) is 12.8 Å². The summed E-state index contributed by atoms with van der Waals surface area (Å²) >= 11 is 0. The summed E-state index contributed by atoms with van der Waals surface area (Å²) in [5, 5.41) is 15.9. The molecule has 1 aliphatic carbocycles. The van der Waals surface area contributed by atoms with E-state index in [4.69, 9.17) is 9.47 Å². The topological polar surface area (TPSA) is 100 Å². The minimum absolute atomic E-state index is 0.0101. The van der Waals surface area contributed by atoms with Gasteiger partial charge in [-0.05, 0) is 51.6 Å². The molecule has 0 bridgehead atoms. The largest absolute Gasteiger partial charge is 0.487 e. The maximum Gasteiger partial charge on any atom is 0.238 e. The molecule has 3 aliphatic rings. The average molecular weight is 432 g/mol. The molecule has 4 atom stereocenters. The molecule has 1 saturated carbocycles. The number of carbonyl (C=O) groups is 2. The van der Waals surface area contributed by atoms with E-state index in [0.29, 0.717) is 13.0 Å². The van der Waals surface area contributed by atoms with Gasteiger partial charge in [0, 0.05) is 23.2 Å². The van der Waals surface area contributed by atoms with Crippen LogP contribution in [0.5, 0.6) is 5.75 Å². The highest BCUT2D eigenvalue weighted by atomic mass is 16.6. The number of likely N-dealkylation sites (N-methyl/N-ethyl adjacent to an activating group) is 1. The Kier molecular flexibility index (Phi) is 6.79. The van der Waals surface area contributed by atoms with E-state index >= 15 is 0 Å². The van der Waals surface area contributed by atoms with Crippen molar-refractivity contribution in [2.24, 2.45) is 0 Å². The maximum atomic E-state index is 12.5. The van der Waals surface area contributed by atoms with Crippen LogP contribution in [0.1, 0.15) is 50.0 Å². The Morgan fingerprint density at radius 2 is 1.97 bits per heavy atom. The van der Waals surface area contributed by atoms with E-state index in [2.05, 4.69) is 10.6 Å². The van der Waals surface area contributed by atoms with E-state index in [0.717, 1.165) is 29.8 Å². The van der Waals surface area contributed by atoms with Gasteiger partial charge in [0.05, 0.1) is 25.7 Å². The zero-order valence-electron chi connectivity index (χ0n) is 18.3. The molecule has 8 heteroatoms. The SMILES string of the molecule is CN(C)CC(=O)Nc1ccc2c(c1)[C@@H]1C[C@H](CC(=O)NC3CCCC3)O[C@H](CO)[C@@H]1O2. The van der Waals surface area contributed by atoms with Crippen molar-refractivity contribution in [2.75, 3.05) is 32.6 Å². The monoisotopic (exact) mass is 431 g/mol. The number of ether oxygens (including phenoxy) is 2. The first-order valence-electron chi connectivity index (χ1n) is 11.2. The van der Waals surface area contributed by atoms with Gasteiger partial charge in [-0.25, -0.2) is 0 Å². The Morgan fingerprint density at radius 3 is 2.68 bits per heavy atom. The number of carbonyl (C=O) groups excluding carboxylic acids is 2. The van der Waals surface area contributed by atoms with Crippen LogP contribution < -0.4 is 15.4 Å². The predicted molar refractivity (Wildman–Crippen MR) is 116 cm³/mol. The molecule has 3 N–H and O–H groups in total. The van der Waals surface area contributed by atoms with Gasteiger partial charge in [0.1, 0.15) is 18.0 Å². The molecule has 0 spiro atoms. The van der Waals surface area contributed by atoms with Gasteiger partial charge < -0.3 is 30.1 Å². The summed E-state index contributed by atoms with van der Waals surface area (Å²) in [5.41, 5.74) is 1.72. The Hall–Kier alpha value is -2.16. The number of nitrogens with zero attached hydrogens (tertiary/aromatic N) is 1. The van der Waals surface area contributed by atoms with E-state index in [-0.39, 0.29) is 49.0 Å². The predicted octanol–water partition coefficient (Wildman–Crippen LogP) is 1.63. The first kappa shape index (κ1) is 22.0. The van der Waals surface area contributed by atoms with Crippen molar-refractivity contribution in [2.45, 2.75) is 68.8 Å². The van der Waals surface area contributed by atoms with Crippen molar-refractivity contribution in [3.8, 4) is 5.75 Å². The van der Waals surface area contributed by atoms with Gasteiger partial charge in [0.25, 0.3) is 0 Å². The number of aliphatic hydroxyl groups is 1. The van der Waals surface area contributed by atoms with Crippen molar-refractivity contribution in [1.82, 2.24) is 10.2 Å². The van der Waals surface area contributed by atoms with Crippen LogP contribution in [-0.4, -0.2) is 73.4 Å². The summed E-state index contributed by atoms with van der Waals surface area (Å²) < 4.78 is 12.1. The summed E-state index contributed by atoms with van der Waals surface area (Å²) in [6, 6.07) is 5.91. The molecular weight excluding hydrogens is 398 g/mol. The van der Waals surface area contributed by atoms with Gasteiger partial charge in [-0.15, -0.1) is 0 Å². The smallest absolute Gasteiger partial charge is 0.238 e. The molecule has 31 heavy (non-hydrogen) atoms. The highest BCUT2D eigenvalue weighted by Crippen LogP contribution is 2.47. The highest BCUT2D eigenvalue weighted by molar-refractivity contribution is 5.92. The van der Waals surface area contributed by atoms with Crippen molar-refractivity contribution in [3.63, 3.8) is 0 Å². The minimum atomic E-state index is -0.484. The molecule has 1 saturated heterocycles. The van der Waals surface area contributed by atoms with Crippen molar-refractivity contribution >= 4 is 17.5 Å². The fraction of sp³-hybridized carbons (Fsp3) is 0.652. The number of rotatable bonds is 7. The molecule has 2 amide bonds. The van der Waals surface area contributed by atoms with Gasteiger partial charge in [0.15, 0.2) is 0 Å². The molecule has 2 aliphatic heterocycles. The average Bonchev–Trinajstić information content (AvgIpc) is 3.34. The highest BCUT2D eigenvalue weighted by Gasteiger charge is 2.46. The van der Waals surface area contributed by atoms with E-state index in [1.54, 1.807) is 0 Å². The van der Waals surface area contributed by atoms with Crippen LogP contribution in [0.3, 0.4) is 0 Å². The third-order valence-corrected chi connectivity index (χ3v) is 6.38. The third-order valence-electron chi connectivity index (χ3n) is 6.38. The standard InChI is InChI=1S/C23H33N3O5/c1-26(2)12-22(29)25-15-7-8-19-17(9-15)18-10-16(30-20(13-27)23(18)31-19)11-21(28)24-14-5-3-4-6-14/h7-9,14,16,18,20,23,27H,3-6,10-13H2,1-2H3,(H,24,28)(H,25,29)/t16-,18+,20-,23-/m1/s1. The van der Waals surface area contributed by atoms with Crippen LogP contribution in [0, 0.1) is 0 Å². The second-order valence-corrected chi connectivity index (χ2v) is 9.20. The summed E-state index contributed by atoms with van der Waals surface area (Å²) in [6.45, 7) is 0.139. The first-order chi connectivity index (χ1) is 14.9. The molecule has 2 heterocycles. The lowest BCUT2D eigenvalue weighted by Gasteiger charge is -2.37. The van der Waals surface area contributed by atoms with Crippen LogP contribution in [0.15, 0.2) is 18.2 Å². The minimum Gasteiger partial charge on any atom is -0.487 e. The second kappa shape index (κ2) is 9.54. The van der Waals surface area contributed by atoms with Crippen molar-refractivity contribution < 1.29 is 24.2 Å². The number of aliphatic hydroxyl groups excluding tert-OH is 1. The van der Waals surface area contributed by atoms with Gasteiger partial charge >= 0.3 is 0 Å². The summed E-state index contributed by atoms with van der Waals surface area (Å²) in [7, 11) is 3.70. The molecule has 0 radical (unpaired) electrons. The van der Waals surface area contributed by atoms with E-state index in [1.807, 2.05) is 37.2 Å². The van der Waals surface area contributed by atoms with Gasteiger partial charge in [-0.2, -0.15) is 0 Å². The van der Waals surface area contributed by atoms with E-state index in [9.17, 15) is 14.7 Å². The van der Waals surface area contributed by atoms with Crippen LogP contribution in [0.4, 0.5) is 5.69 Å². The normalized spacial score (nSPS) is 27.5. The second-order valence-electron chi connectivity index (χ2n) is 9.20. The molecule has 8 nitrogen and oxygen atoms in total. The zero-order valence-corrected chi connectivity index (χ0v) is 18.3. The lowest BCUT2D eigenvalue weighted by molar-refractivity contribution is -0.142. The van der Waals surface area contributed by atoms with Crippen LogP contribution in [-0.2, 0) is 14.3 Å². The number of amides is 2. The zero-order chi connectivity index (χ0) is 22.0. The van der Waals surface area contributed by atoms with E-state index < -0.39 is 6.10 Å². The number of fused-ring (bicyclic) bond motifs is 3. The van der Waals surface area contributed by atoms with Crippen molar-refractivity contribution in [3.05, 3.63) is 23.8 Å². The fourth-order valence-corrected chi connectivity index (χ4v) is 5.02. The molecule has 1 aromatic rings. The lowest BCUT2D eigenvalue weighted by Crippen LogP contribution is -2.47. The molecular formula is C23H33N3O5. The lowest BCUT2D eigenvalue weighted by atomic mass is 9.84. The molecule has 170 valence electrons. The maximum absolute atomic E-state index is 12.5. The number of nitrogens with one attached hydrogen (secondary N) is 2. The number of anilines is 1. The van der Waals surface area contributed by atoms with Crippen LogP contribution >= 0.6 is 0 Å².